The second-order valence-corrected chi connectivity index (χ2v) is 21.8. The number of hydrogen-bond acceptors (Lipinski definition) is 9. The van der Waals surface area contributed by atoms with Crippen molar-refractivity contribution in [2.45, 2.75) is 229 Å². The molecule has 1 saturated heterocycles. The first kappa shape index (κ1) is 47.4. The normalized spacial score (nSPS) is 23.1. The van der Waals surface area contributed by atoms with Crippen molar-refractivity contribution in [1.82, 2.24) is 5.32 Å². The quantitative estimate of drug-likeness (QED) is 0.0308. The Labute approximate surface area is 306 Å². The number of unbranched alkanes of at least 4 members (excludes halogenated alkanes) is 20. The molecular weight excluding hydrogens is 655 g/mol. The molecule has 7 N–H and O–H groups in total. The number of hydrogen-bond donors (Lipinski definition) is 7. The summed E-state index contributed by atoms with van der Waals surface area (Å²) in [6, 6.07) is 0.509. The second-order valence-electron chi connectivity index (χ2n) is 16.2. The van der Waals surface area contributed by atoms with Gasteiger partial charge in [-0.2, -0.15) is 0 Å². The molecule has 1 rings (SSSR count). The van der Waals surface area contributed by atoms with Crippen molar-refractivity contribution >= 4 is 14.0 Å². The fraction of sp³-hybridized carbons (Fsp3) is 0.974. The molecule has 0 aromatic carbocycles. The van der Waals surface area contributed by atoms with Crippen LogP contribution in [0, 0.1) is 0 Å². The third kappa shape index (κ3) is 22.4. The highest BCUT2D eigenvalue weighted by Crippen LogP contribution is 2.23. The second kappa shape index (κ2) is 28.8. The van der Waals surface area contributed by atoms with Crippen molar-refractivity contribution in [3.05, 3.63) is 0 Å². The predicted octanol–water partition coefficient (Wildman–Crippen LogP) is 6.34. The maximum absolute atomic E-state index is 12.7. The third-order valence-corrected chi connectivity index (χ3v) is 12.0. The average Bonchev–Trinajstić information content (AvgIpc) is 3.08. The van der Waals surface area contributed by atoms with Crippen molar-refractivity contribution in [2.24, 2.45) is 0 Å². The van der Waals surface area contributed by atoms with Gasteiger partial charge in [0, 0.05) is 14.5 Å². The average molecular weight is 734 g/mol. The fourth-order valence-corrected chi connectivity index (χ4v) is 8.03. The van der Waals surface area contributed by atoms with Crippen LogP contribution in [0.3, 0.4) is 0 Å². The van der Waals surface area contributed by atoms with E-state index in [1.54, 1.807) is 6.92 Å². The van der Waals surface area contributed by atoms with E-state index < -0.39 is 63.6 Å². The van der Waals surface area contributed by atoms with Crippen molar-refractivity contribution in [2.75, 3.05) is 13.2 Å². The molecule has 0 bridgehead atoms. The number of ether oxygens (including phenoxy) is 2. The minimum Gasteiger partial charge on any atom is -0.394 e. The summed E-state index contributed by atoms with van der Waals surface area (Å²) in [7, 11) is -0.832. The molecule has 11 heteroatoms. The van der Waals surface area contributed by atoms with Crippen molar-refractivity contribution in [3.63, 3.8) is 0 Å². The molecule has 10 nitrogen and oxygen atoms in total. The van der Waals surface area contributed by atoms with Gasteiger partial charge < -0.3 is 45.4 Å². The molecule has 8 atom stereocenters. The van der Waals surface area contributed by atoms with Crippen LogP contribution < -0.4 is 5.32 Å². The highest BCUT2D eigenvalue weighted by molar-refractivity contribution is 6.76. The van der Waals surface area contributed by atoms with E-state index in [0.29, 0.717) is 0 Å². The summed E-state index contributed by atoms with van der Waals surface area (Å²) in [5.74, 6) is -0.274. The molecule has 1 fully saturated rings. The molecule has 0 saturated carbocycles. The summed E-state index contributed by atoms with van der Waals surface area (Å²) in [4.78, 5) is 12.7. The smallest absolute Gasteiger partial charge is 0.220 e. The molecule has 0 aromatic rings. The summed E-state index contributed by atoms with van der Waals surface area (Å²) < 4.78 is 10.9. The van der Waals surface area contributed by atoms with E-state index in [1.807, 2.05) is 0 Å². The Morgan fingerprint density at radius 1 is 0.680 bits per heavy atom. The van der Waals surface area contributed by atoms with Crippen LogP contribution in [0.1, 0.15) is 155 Å². The number of rotatable bonds is 32. The largest absolute Gasteiger partial charge is 0.394 e. The highest BCUT2D eigenvalue weighted by Gasteiger charge is 2.44. The molecule has 298 valence electrons. The molecule has 1 heterocycles. The van der Waals surface area contributed by atoms with E-state index in [-0.39, 0.29) is 25.4 Å². The zero-order valence-electron chi connectivity index (χ0n) is 32.4. The van der Waals surface area contributed by atoms with E-state index in [2.05, 4.69) is 25.0 Å². The summed E-state index contributed by atoms with van der Waals surface area (Å²) in [5, 5.41) is 63.1. The van der Waals surface area contributed by atoms with Crippen LogP contribution in [0.5, 0.6) is 0 Å². The number of aliphatic hydroxyl groups is 6. The Morgan fingerprint density at radius 2 is 1.10 bits per heavy atom. The lowest BCUT2D eigenvalue weighted by atomic mass is 9.99. The first-order chi connectivity index (χ1) is 23.9. The topological polar surface area (TPSA) is 169 Å². The summed E-state index contributed by atoms with van der Waals surface area (Å²) in [6.45, 7) is 8.23. The van der Waals surface area contributed by atoms with E-state index >= 15 is 0 Å². The maximum atomic E-state index is 12.7. The van der Waals surface area contributed by atoms with Gasteiger partial charge in [-0.05, 0) is 12.8 Å². The van der Waals surface area contributed by atoms with Crippen LogP contribution in [-0.2, 0) is 14.3 Å². The van der Waals surface area contributed by atoms with Crippen LogP contribution in [0.15, 0.2) is 0 Å². The lowest BCUT2D eigenvalue weighted by molar-refractivity contribution is -0.303. The van der Waals surface area contributed by atoms with Crippen LogP contribution in [0.2, 0.25) is 25.7 Å². The van der Waals surface area contributed by atoms with Gasteiger partial charge in [0.05, 0.1) is 25.4 Å². The standard InChI is InChI=1S/C39H79NO9Si/c1-5-32(42)35(44)31(30-48-39-38(47)37(46)36(45)33(29-41)49-39)40-34(43)27-25-23-21-19-17-15-13-11-9-7-6-8-10-12-14-16-18-20-22-24-26-28-50(2,3)4/h31-33,35-39,41-42,44-47H,5-30H2,1-4H3,(H,40,43)/t31-,32+,33?,35-,36?,37?,38?,39?/m0/s1. The zero-order chi connectivity index (χ0) is 37.2. The Kier molecular flexibility index (Phi) is 27.3. The highest BCUT2D eigenvalue weighted by atomic mass is 28.3. The Bertz CT molecular complexity index is 815. The Hall–Kier alpha value is -0.633. The van der Waals surface area contributed by atoms with Gasteiger partial charge in [0.15, 0.2) is 6.29 Å². The lowest BCUT2D eigenvalue weighted by Gasteiger charge is -2.40. The molecule has 1 amide bonds. The molecule has 0 aliphatic carbocycles. The lowest BCUT2D eigenvalue weighted by Crippen LogP contribution is -2.60. The van der Waals surface area contributed by atoms with Gasteiger partial charge in [0.1, 0.15) is 30.5 Å². The molecule has 0 spiro atoms. The number of carbonyl (C=O) groups is 1. The van der Waals surface area contributed by atoms with Crippen LogP contribution in [-0.4, -0.2) is 107 Å². The van der Waals surface area contributed by atoms with Crippen LogP contribution >= 0.6 is 0 Å². The monoisotopic (exact) mass is 734 g/mol. The van der Waals surface area contributed by atoms with Gasteiger partial charge in [-0.1, -0.05) is 161 Å². The predicted molar refractivity (Wildman–Crippen MR) is 204 cm³/mol. The number of aliphatic hydroxyl groups excluding tert-OH is 6. The van der Waals surface area contributed by atoms with Crippen molar-refractivity contribution < 1.29 is 44.9 Å². The Balaban J connectivity index is 2.04. The SMILES string of the molecule is CC[C@@H](O)[C@@H](O)[C@H](COC1OC(CO)C(O)C(O)C1O)NC(=O)CCCCCCCCCCCCCCCCCCCCCCC[Si](C)(C)C. The van der Waals surface area contributed by atoms with E-state index in [1.165, 1.54) is 115 Å². The zero-order valence-corrected chi connectivity index (χ0v) is 33.4. The fourth-order valence-electron chi connectivity index (χ4n) is 6.72. The molecule has 1 aliphatic rings. The van der Waals surface area contributed by atoms with Crippen LogP contribution in [0.4, 0.5) is 0 Å². The summed E-state index contributed by atoms with van der Waals surface area (Å²) in [5.41, 5.74) is 0. The number of amides is 1. The molecule has 1 aliphatic heterocycles. The van der Waals surface area contributed by atoms with Gasteiger partial charge in [-0.15, -0.1) is 0 Å². The van der Waals surface area contributed by atoms with E-state index in [9.17, 15) is 35.4 Å². The molecule has 0 aromatic heterocycles. The van der Waals surface area contributed by atoms with Gasteiger partial charge in [-0.25, -0.2) is 0 Å². The summed E-state index contributed by atoms with van der Waals surface area (Å²) in [6.07, 6.45) is 18.3. The van der Waals surface area contributed by atoms with Gasteiger partial charge in [0.25, 0.3) is 0 Å². The minimum atomic E-state index is -1.60. The van der Waals surface area contributed by atoms with Crippen molar-refractivity contribution in [3.8, 4) is 0 Å². The van der Waals surface area contributed by atoms with Gasteiger partial charge in [-0.3, -0.25) is 4.79 Å². The number of carbonyl (C=O) groups excluding carboxylic acids is 1. The molecule has 5 unspecified atom stereocenters. The minimum absolute atomic E-state index is 0.257. The molecule has 50 heavy (non-hydrogen) atoms. The van der Waals surface area contributed by atoms with Gasteiger partial charge in [0.2, 0.25) is 5.91 Å². The number of nitrogens with one attached hydrogen (secondary N) is 1. The first-order valence-electron chi connectivity index (χ1n) is 20.5. The molecular formula is C39H79NO9Si. The molecule has 0 radical (unpaired) electrons. The van der Waals surface area contributed by atoms with Gasteiger partial charge >= 0.3 is 0 Å². The first-order valence-corrected chi connectivity index (χ1v) is 24.2. The Morgan fingerprint density at radius 3 is 1.50 bits per heavy atom. The van der Waals surface area contributed by atoms with Crippen LogP contribution in [0.25, 0.3) is 0 Å². The van der Waals surface area contributed by atoms with E-state index in [0.717, 1.165) is 25.7 Å². The van der Waals surface area contributed by atoms with Crippen molar-refractivity contribution in [1.29, 1.82) is 0 Å². The summed E-state index contributed by atoms with van der Waals surface area (Å²) >= 11 is 0. The third-order valence-electron chi connectivity index (χ3n) is 10.2. The van der Waals surface area contributed by atoms with E-state index in [4.69, 9.17) is 9.47 Å². The maximum Gasteiger partial charge on any atom is 0.220 e.